The normalized spacial score (nSPS) is 16.3. The van der Waals surface area contributed by atoms with Crippen molar-refractivity contribution in [3.63, 3.8) is 0 Å². The quantitative estimate of drug-likeness (QED) is 0.645. The van der Waals surface area contributed by atoms with E-state index in [0.717, 1.165) is 24.8 Å². The van der Waals surface area contributed by atoms with Crippen LogP contribution in [-0.2, 0) is 16.4 Å². The van der Waals surface area contributed by atoms with E-state index >= 15 is 0 Å². The van der Waals surface area contributed by atoms with E-state index in [1.54, 1.807) is 41.7 Å². The average molecular weight is 397 g/mol. The first-order valence-electron chi connectivity index (χ1n) is 9.59. The molecule has 1 aliphatic heterocycles. The van der Waals surface area contributed by atoms with Crippen LogP contribution in [0.1, 0.15) is 24.3 Å². The highest BCUT2D eigenvalue weighted by Crippen LogP contribution is 2.28. The van der Waals surface area contributed by atoms with Crippen LogP contribution >= 0.6 is 0 Å². The van der Waals surface area contributed by atoms with Gasteiger partial charge >= 0.3 is 0 Å². The topological polar surface area (TPSA) is 63.4 Å². The van der Waals surface area contributed by atoms with Gasteiger partial charge in [-0.25, -0.2) is 13.4 Å². The minimum atomic E-state index is -3.46. The second kappa shape index (κ2) is 7.89. The van der Waals surface area contributed by atoms with Gasteiger partial charge in [-0.3, -0.25) is 0 Å². The SMILES string of the molecule is Cc1ncc(-c2ccc(S(=O)(=O)N3CCC(Cc4ccccc4)CC3)cc2)o1. The Kier molecular flexibility index (Phi) is 5.33. The first-order valence-corrected chi connectivity index (χ1v) is 11.0. The van der Waals surface area contributed by atoms with Gasteiger partial charge in [0.25, 0.3) is 0 Å². The van der Waals surface area contributed by atoms with Crippen LogP contribution < -0.4 is 0 Å². The Balaban J connectivity index is 1.41. The molecular formula is C22H24N2O3S. The van der Waals surface area contributed by atoms with Gasteiger partial charge in [0.2, 0.25) is 10.0 Å². The number of aromatic nitrogens is 1. The summed E-state index contributed by atoms with van der Waals surface area (Å²) < 4.78 is 33.1. The van der Waals surface area contributed by atoms with Gasteiger partial charge in [-0.05, 0) is 55.0 Å². The number of sulfonamides is 1. The molecule has 3 aromatic rings. The molecule has 6 heteroatoms. The zero-order chi connectivity index (χ0) is 19.6. The molecule has 1 aromatic heterocycles. The van der Waals surface area contributed by atoms with Gasteiger partial charge in [-0.15, -0.1) is 0 Å². The number of piperidine rings is 1. The van der Waals surface area contributed by atoms with Crippen molar-refractivity contribution in [1.82, 2.24) is 9.29 Å². The molecule has 0 atom stereocenters. The summed E-state index contributed by atoms with van der Waals surface area (Å²) in [7, 11) is -3.46. The van der Waals surface area contributed by atoms with Crippen molar-refractivity contribution in [3.8, 4) is 11.3 Å². The minimum Gasteiger partial charge on any atom is -0.441 e. The number of hydrogen-bond donors (Lipinski definition) is 0. The van der Waals surface area contributed by atoms with E-state index in [0.29, 0.717) is 35.6 Å². The first-order chi connectivity index (χ1) is 13.5. The third-order valence-corrected chi connectivity index (χ3v) is 7.25. The lowest BCUT2D eigenvalue weighted by molar-refractivity contribution is 0.273. The molecule has 0 unspecified atom stereocenters. The molecule has 0 N–H and O–H groups in total. The summed E-state index contributed by atoms with van der Waals surface area (Å²) in [6, 6.07) is 17.3. The molecule has 28 heavy (non-hydrogen) atoms. The lowest BCUT2D eigenvalue weighted by Crippen LogP contribution is -2.38. The maximum absolute atomic E-state index is 13.0. The van der Waals surface area contributed by atoms with Crippen LogP contribution in [0.2, 0.25) is 0 Å². The molecule has 1 aliphatic rings. The van der Waals surface area contributed by atoms with Crippen LogP contribution in [0.5, 0.6) is 0 Å². The van der Waals surface area contributed by atoms with E-state index in [2.05, 4.69) is 29.2 Å². The van der Waals surface area contributed by atoms with Crippen molar-refractivity contribution in [3.05, 3.63) is 72.2 Å². The Morgan fingerprint density at radius 1 is 1.04 bits per heavy atom. The van der Waals surface area contributed by atoms with Crippen molar-refractivity contribution in [2.45, 2.75) is 31.1 Å². The number of aryl methyl sites for hydroxylation is 1. The van der Waals surface area contributed by atoms with Gasteiger partial charge < -0.3 is 4.42 Å². The van der Waals surface area contributed by atoms with E-state index in [1.165, 1.54) is 5.56 Å². The fraction of sp³-hybridized carbons (Fsp3) is 0.318. The van der Waals surface area contributed by atoms with Gasteiger partial charge in [-0.2, -0.15) is 4.31 Å². The number of hydrogen-bond acceptors (Lipinski definition) is 4. The van der Waals surface area contributed by atoms with Crippen molar-refractivity contribution in [2.75, 3.05) is 13.1 Å². The van der Waals surface area contributed by atoms with E-state index in [-0.39, 0.29) is 0 Å². The standard InChI is InChI=1S/C22H24N2O3S/c1-17-23-16-22(27-17)20-7-9-21(10-8-20)28(25,26)24-13-11-19(12-14-24)15-18-5-3-2-4-6-18/h2-10,16,19H,11-15H2,1H3. The molecule has 4 rings (SSSR count). The van der Waals surface area contributed by atoms with Crippen molar-refractivity contribution < 1.29 is 12.8 Å². The molecule has 2 aromatic carbocycles. The van der Waals surface area contributed by atoms with Gasteiger partial charge in [0.05, 0.1) is 11.1 Å². The maximum atomic E-state index is 13.0. The van der Waals surface area contributed by atoms with Crippen LogP contribution in [0.3, 0.4) is 0 Å². The molecule has 0 bridgehead atoms. The molecule has 1 fully saturated rings. The molecule has 146 valence electrons. The van der Waals surface area contributed by atoms with Gasteiger partial charge in [0, 0.05) is 25.6 Å². The van der Waals surface area contributed by atoms with Crippen molar-refractivity contribution in [1.29, 1.82) is 0 Å². The van der Waals surface area contributed by atoms with Crippen LogP contribution in [0.15, 0.2) is 70.1 Å². The summed E-state index contributed by atoms with van der Waals surface area (Å²) in [5, 5.41) is 0. The number of benzene rings is 2. The Labute approximate surface area is 166 Å². The molecule has 1 saturated heterocycles. The van der Waals surface area contributed by atoms with E-state index in [1.807, 2.05) is 6.07 Å². The van der Waals surface area contributed by atoms with E-state index in [4.69, 9.17) is 4.42 Å². The van der Waals surface area contributed by atoms with E-state index in [9.17, 15) is 8.42 Å². The fourth-order valence-corrected chi connectivity index (χ4v) is 5.21. The van der Waals surface area contributed by atoms with Gasteiger partial charge in [0.15, 0.2) is 11.7 Å². The Morgan fingerprint density at radius 2 is 1.71 bits per heavy atom. The molecule has 0 spiro atoms. The number of oxazole rings is 1. The number of nitrogens with zero attached hydrogens (tertiary/aromatic N) is 2. The maximum Gasteiger partial charge on any atom is 0.243 e. The smallest absolute Gasteiger partial charge is 0.243 e. The molecule has 2 heterocycles. The highest BCUT2D eigenvalue weighted by atomic mass is 32.2. The fourth-order valence-electron chi connectivity index (χ4n) is 3.74. The predicted octanol–water partition coefficient (Wildman–Crippen LogP) is 4.29. The summed E-state index contributed by atoms with van der Waals surface area (Å²) in [4.78, 5) is 4.41. The minimum absolute atomic E-state index is 0.328. The Hall–Kier alpha value is -2.44. The molecule has 0 saturated carbocycles. The van der Waals surface area contributed by atoms with Crippen molar-refractivity contribution >= 4 is 10.0 Å². The molecule has 0 radical (unpaired) electrons. The lowest BCUT2D eigenvalue weighted by Gasteiger charge is -2.31. The summed E-state index contributed by atoms with van der Waals surface area (Å²) in [6.07, 6.45) is 4.45. The van der Waals surface area contributed by atoms with E-state index < -0.39 is 10.0 Å². The van der Waals surface area contributed by atoms with Crippen molar-refractivity contribution in [2.24, 2.45) is 5.92 Å². The largest absolute Gasteiger partial charge is 0.441 e. The van der Waals surface area contributed by atoms with Crippen LogP contribution in [0, 0.1) is 12.8 Å². The predicted molar refractivity (Wildman–Crippen MR) is 108 cm³/mol. The molecule has 0 aliphatic carbocycles. The Morgan fingerprint density at radius 3 is 2.32 bits per heavy atom. The molecule has 5 nitrogen and oxygen atoms in total. The third-order valence-electron chi connectivity index (χ3n) is 5.34. The zero-order valence-corrected chi connectivity index (χ0v) is 16.7. The second-order valence-corrected chi connectivity index (χ2v) is 9.24. The highest BCUT2D eigenvalue weighted by molar-refractivity contribution is 7.89. The Bertz CT molecular complexity index is 1020. The van der Waals surface area contributed by atoms with Crippen LogP contribution in [0.25, 0.3) is 11.3 Å². The first kappa shape index (κ1) is 18.9. The monoisotopic (exact) mass is 396 g/mol. The van der Waals surface area contributed by atoms with Crippen LogP contribution in [0.4, 0.5) is 0 Å². The summed E-state index contributed by atoms with van der Waals surface area (Å²) >= 11 is 0. The second-order valence-electron chi connectivity index (χ2n) is 7.31. The van der Waals surface area contributed by atoms with Crippen LogP contribution in [-0.4, -0.2) is 30.8 Å². The summed E-state index contributed by atoms with van der Waals surface area (Å²) in [5.74, 6) is 1.76. The molecular weight excluding hydrogens is 372 g/mol. The van der Waals surface area contributed by atoms with Gasteiger partial charge in [0.1, 0.15) is 0 Å². The van der Waals surface area contributed by atoms with Gasteiger partial charge in [-0.1, -0.05) is 30.3 Å². The number of rotatable bonds is 5. The third kappa shape index (κ3) is 4.03. The summed E-state index contributed by atoms with van der Waals surface area (Å²) in [5.41, 5.74) is 2.14. The zero-order valence-electron chi connectivity index (χ0n) is 15.9. The highest BCUT2D eigenvalue weighted by Gasteiger charge is 2.29. The average Bonchev–Trinajstić information content (AvgIpc) is 3.16. The lowest BCUT2D eigenvalue weighted by atomic mass is 9.91. The molecule has 0 amide bonds. The summed E-state index contributed by atoms with van der Waals surface area (Å²) in [6.45, 7) is 2.93.